The molecule has 1 aliphatic rings. The molecule has 1 aromatic carbocycles. The van der Waals surface area contributed by atoms with Gasteiger partial charge >= 0.3 is 0 Å². The van der Waals surface area contributed by atoms with Gasteiger partial charge in [0.1, 0.15) is 0 Å². The summed E-state index contributed by atoms with van der Waals surface area (Å²) in [6.07, 6.45) is 2.63. The molecule has 1 aromatic heterocycles. The maximum absolute atomic E-state index is 11.7. The molecule has 0 unspecified atom stereocenters. The quantitative estimate of drug-likeness (QED) is 0.838. The average molecular weight is 309 g/mol. The predicted octanol–water partition coefficient (Wildman–Crippen LogP) is 4.07. The number of aromatic nitrogens is 1. The molecular weight excluding hydrogens is 292 g/mol. The molecule has 1 fully saturated rings. The summed E-state index contributed by atoms with van der Waals surface area (Å²) in [7, 11) is 0. The second-order valence-corrected chi connectivity index (χ2v) is 6.67. The highest BCUT2D eigenvalue weighted by molar-refractivity contribution is 7.18. The third-order valence-electron chi connectivity index (χ3n) is 3.87. The number of halogens is 1. The van der Waals surface area contributed by atoms with Crippen molar-refractivity contribution in [1.29, 1.82) is 0 Å². The number of likely N-dealkylation sites (tertiary alicyclic amines) is 1. The number of hydrogen-bond acceptors (Lipinski definition) is 3. The van der Waals surface area contributed by atoms with Crippen LogP contribution in [-0.4, -0.2) is 28.9 Å². The van der Waals surface area contributed by atoms with Gasteiger partial charge in [0.25, 0.3) is 0 Å². The Bertz CT molecular complexity index is 632. The van der Waals surface area contributed by atoms with Crippen LogP contribution in [0.2, 0.25) is 5.02 Å². The van der Waals surface area contributed by atoms with Crippen LogP contribution in [-0.2, 0) is 4.79 Å². The van der Waals surface area contributed by atoms with Crippen molar-refractivity contribution in [2.45, 2.75) is 32.1 Å². The summed E-state index contributed by atoms with van der Waals surface area (Å²) in [6.45, 7) is 3.63. The van der Waals surface area contributed by atoms with E-state index >= 15 is 0 Å². The maximum Gasteiger partial charge on any atom is 0.222 e. The van der Waals surface area contributed by atoms with Crippen molar-refractivity contribution in [2.75, 3.05) is 13.1 Å². The van der Waals surface area contributed by atoms with E-state index in [0.29, 0.717) is 12.3 Å². The van der Waals surface area contributed by atoms with Crippen LogP contribution >= 0.6 is 22.9 Å². The third-order valence-corrected chi connectivity index (χ3v) is 5.30. The Hall–Kier alpha value is -1.13. The summed E-state index contributed by atoms with van der Waals surface area (Å²) in [5, 5.41) is 1.92. The zero-order chi connectivity index (χ0) is 14.1. The molecule has 5 heteroatoms. The van der Waals surface area contributed by atoms with Crippen molar-refractivity contribution < 1.29 is 4.79 Å². The van der Waals surface area contributed by atoms with Gasteiger partial charge in [0, 0.05) is 30.5 Å². The van der Waals surface area contributed by atoms with Gasteiger partial charge in [-0.15, -0.1) is 11.3 Å². The minimum atomic E-state index is 0.263. The summed E-state index contributed by atoms with van der Waals surface area (Å²) in [5.74, 6) is 0.742. The fraction of sp³-hybridized carbons (Fsp3) is 0.467. The van der Waals surface area contributed by atoms with Crippen molar-refractivity contribution in [1.82, 2.24) is 9.88 Å². The van der Waals surface area contributed by atoms with E-state index in [4.69, 9.17) is 16.6 Å². The fourth-order valence-corrected chi connectivity index (χ4v) is 3.98. The average Bonchev–Trinajstić information content (AvgIpc) is 2.89. The Morgan fingerprint density at radius 1 is 1.45 bits per heavy atom. The van der Waals surface area contributed by atoms with Gasteiger partial charge in [-0.25, -0.2) is 4.98 Å². The molecule has 3 rings (SSSR count). The summed E-state index contributed by atoms with van der Waals surface area (Å²) >= 11 is 7.76. The molecule has 106 valence electrons. The van der Waals surface area contributed by atoms with Gasteiger partial charge < -0.3 is 4.90 Å². The third kappa shape index (κ3) is 2.67. The van der Waals surface area contributed by atoms with Crippen LogP contribution in [0.4, 0.5) is 0 Å². The molecule has 0 atom stereocenters. The van der Waals surface area contributed by atoms with Gasteiger partial charge in [-0.1, -0.05) is 18.5 Å². The Balaban J connectivity index is 1.75. The first-order valence-electron chi connectivity index (χ1n) is 7.01. The number of thiazole rings is 1. The minimum absolute atomic E-state index is 0.263. The second-order valence-electron chi connectivity index (χ2n) is 5.17. The number of fused-ring (bicyclic) bond motifs is 1. The topological polar surface area (TPSA) is 33.2 Å². The van der Waals surface area contributed by atoms with Crippen molar-refractivity contribution in [2.24, 2.45) is 0 Å². The summed E-state index contributed by atoms with van der Waals surface area (Å²) < 4.78 is 1.19. The molecule has 2 aromatic rings. The Morgan fingerprint density at radius 3 is 2.90 bits per heavy atom. The van der Waals surface area contributed by atoms with Crippen LogP contribution in [0.1, 0.15) is 37.1 Å². The van der Waals surface area contributed by atoms with Crippen LogP contribution in [0.25, 0.3) is 10.2 Å². The summed E-state index contributed by atoms with van der Waals surface area (Å²) in [5.41, 5.74) is 0.990. The van der Waals surface area contributed by atoms with Gasteiger partial charge in [-0.2, -0.15) is 0 Å². The molecule has 0 N–H and O–H groups in total. The number of benzene rings is 1. The zero-order valence-corrected chi connectivity index (χ0v) is 13.0. The smallest absolute Gasteiger partial charge is 0.222 e. The van der Waals surface area contributed by atoms with Crippen LogP contribution in [0.3, 0.4) is 0 Å². The van der Waals surface area contributed by atoms with Crippen LogP contribution < -0.4 is 0 Å². The molecule has 1 saturated heterocycles. The van der Waals surface area contributed by atoms with Gasteiger partial charge in [-0.3, -0.25) is 4.79 Å². The standard InChI is InChI=1S/C15H17ClN2OS/c1-2-14(19)18-7-5-10(6-8-18)15-17-12-9-11(16)3-4-13(12)20-15/h3-4,9-10H,2,5-8H2,1H3. The van der Waals surface area contributed by atoms with Gasteiger partial charge in [-0.05, 0) is 31.0 Å². The van der Waals surface area contributed by atoms with Crippen molar-refractivity contribution in [3.05, 3.63) is 28.2 Å². The molecule has 0 saturated carbocycles. The highest BCUT2D eigenvalue weighted by Crippen LogP contribution is 2.34. The van der Waals surface area contributed by atoms with E-state index in [9.17, 15) is 4.79 Å². The molecule has 1 amide bonds. The lowest BCUT2D eigenvalue weighted by Gasteiger charge is -2.30. The summed E-state index contributed by atoms with van der Waals surface area (Å²) in [4.78, 5) is 18.4. The molecular formula is C15H17ClN2OS. The second kappa shape index (κ2) is 5.70. The molecule has 0 aliphatic carbocycles. The molecule has 1 aliphatic heterocycles. The normalized spacial score (nSPS) is 16.8. The van der Waals surface area contributed by atoms with Gasteiger partial charge in [0.2, 0.25) is 5.91 Å². The van der Waals surface area contributed by atoms with Crippen LogP contribution in [0, 0.1) is 0 Å². The predicted molar refractivity (Wildman–Crippen MR) is 83.5 cm³/mol. The van der Waals surface area contributed by atoms with E-state index in [1.807, 2.05) is 30.0 Å². The van der Waals surface area contributed by atoms with Crippen LogP contribution in [0.15, 0.2) is 18.2 Å². The lowest BCUT2D eigenvalue weighted by atomic mass is 9.97. The van der Waals surface area contributed by atoms with E-state index in [-0.39, 0.29) is 5.91 Å². The number of amides is 1. The Morgan fingerprint density at radius 2 is 2.20 bits per heavy atom. The number of rotatable bonds is 2. The molecule has 0 spiro atoms. The van der Waals surface area contributed by atoms with E-state index in [0.717, 1.165) is 36.5 Å². The van der Waals surface area contributed by atoms with E-state index in [2.05, 4.69) is 0 Å². The molecule has 0 radical (unpaired) electrons. The van der Waals surface area contributed by atoms with Crippen molar-refractivity contribution in [3.8, 4) is 0 Å². The first-order chi connectivity index (χ1) is 9.67. The van der Waals surface area contributed by atoms with Crippen LogP contribution in [0.5, 0.6) is 0 Å². The number of hydrogen-bond donors (Lipinski definition) is 0. The number of piperidine rings is 1. The SMILES string of the molecule is CCC(=O)N1CCC(c2nc3cc(Cl)ccc3s2)CC1. The zero-order valence-electron chi connectivity index (χ0n) is 11.4. The van der Waals surface area contributed by atoms with Crippen molar-refractivity contribution in [3.63, 3.8) is 0 Å². The summed E-state index contributed by atoms with van der Waals surface area (Å²) in [6, 6.07) is 5.87. The number of carbonyl (C=O) groups is 1. The van der Waals surface area contributed by atoms with Crippen molar-refractivity contribution >= 4 is 39.1 Å². The fourth-order valence-electron chi connectivity index (χ4n) is 2.69. The highest BCUT2D eigenvalue weighted by atomic mass is 35.5. The molecule has 0 bridgehead atoms. The van der Waals surface area contributed by atoms with E-state index in [1.54, 1.807) is 11.3 Å². The Kier molecular flexibility index (Phi) is 3.94. The Labute approximate surface area is 127 Å². The lowest BCUT2D eigenvalue weighted by Crippen LogP contribution is -2.37. The molecule has 20 heavy (non-hydrogen) atoms. The highest BCUT2D eigenvalue weighted by Gasteiger charge is 2.25. The largest absolute Gasteiger partial charge is 0.343 e. The molecule has 3 nitrogen and oxygen atoms in total. The number of carbonyl (C=O) groups excluding carboxylic acids is 1. The first-order valence-corrected chi connectivity index (χ1v) is 8.20. The monoisotopic (exact) mass is 308 g/mol. The number of nitrogens with zero attached hydrogens (tertiary/aromatic N) is 2. The molecule has 2 heterocycles. The first kappa shape index (κ1) is 13.8. The lowest BCUT2D eigenvalue weighted by molar-refractivity contribution is -0.131. The van der Waals surface area contributed by atoms with Gasteiger partial charge in [0.05, 0.1) is 15.2 Å². The maximum atomic E-state index is 11.7. The minimum Gasteiger partial charge on any atom is -0.343 e. The van der Waals surface area contributed by atoms with E-state index < -0.39 is 0 Å². The van der Waals surface area contributed by atoms with E-state index in [1.165, 1.54) is 9.71 Å². The van der Waals surface area contributed by atoms with Gasteiger partial charge in [0.15, 0.2) is 0 Å².